The van der Waals surface area contributed by atoms with E-state index in [0.717, 1.165) is 124 Å². The average molecular weight is 2020 g/mol. The molecule has 6 aliphatic heterocycles. The number of aliphatic hydroxyl groups excluding tert-OH is 19. The summed E-state index contributed by atoms with van der Waals surface area (Å²) >= 11 is 0. The fourth-order valence-electron chi connectivity index (χ4n) is 18.7. The molecule has 4 amide bonds. The lowest BCUT2D eigenvalue weighted by Crippen LogP contribution is -2.72. The Labute approximate surface area is 816 Å². The Balaban J connectivity index is 1.30. The minimum absolute atomic E-state index is 0.0771. The zero-order chi connectivity index (χ0) is 104. The third-order valence-electron chi connectivity index (χ3n) is 26.4. The highest BCUT2D eigenvalue weighted by Crippen LogP contribution is 2.45. The summed E-state index contributed by atoms with van der Waals surface area (Å²) in [5, 5.41) is 261. The van der Waals surface area contributed by atoms with Crippen LogP contribution in [-0.2, 0) is 95.2 Å². The van der Waals surface area contributed by atoms with Gasteiger partial charge in [-0.05, 0) is 51.9 Å². The molecule has 35 atom stereocenters. The molecule has 0 radical (unpaired) electrons. The van der Waals surface area contributed by atoms with E-state index in [0.29, 0.717) is 12.8 Å². The van der Waals surface area contributed by atoms with Crippen molar-refractivity contribution in [3.8, 4) is 0 Å². The number of amides is 4. The number of hydrogen-bond acceptors (Lipinski definition) is 39. The number of aliphatic carboxylic acids is 3. The molecule has 0 saturated carbocycles. The first-order chi connectivity index (χ1) is 66.6. The number of unbranched alkanes of at least 4 members (excludes halogenated alkanes) is 26. The summed E-state index contributed by atoms with van der Waals surface area (Å²) in [6, 6.07) is -7.30. The Bertz CT molecular complexity index is 3700. The van der Waals surface area contributed by atoms with Gasteiger partial charge in [0.15, 0.2) is 18.9 Å². The van der Waals surface area contributed by atoms with E-state index >= 15 is 0 Å². The summed E-state index contributed by atoms with van der Waals surface area (Å²) in [7, 11) is 0. The quantitative estimate of drug-likeness (QED) is 0.0229. The Hall–Kier alpha value is -5.80. The molecule has 0 bridgehead atoms. The predicted octanol–water partition coefficient (Wildman–Crippen LogP) is -2.09. The van der Waals surface area contributed by atoms with Crippen molar-refractivity contribution < 1.29 is 208 Å². The SMILES string of the molecule is CCCCCCCCC=CCCCCCCCCCCCC(=O)NC(COC1OC(CO)C(OC2OC(CO)C(OC3OC(CO)C(O)C(O)C3CC(C)=O)C(OC3(C(=O)O)CC(O)C(NC(C)=O)C(C(O)C(CO)OC4(C(=O)O)CC(O)C(NC(C)=O)C(C(O)C(CO)OC5(C(=O)O)CC(O)C(NC(C)=O)C(C(O)C(O)CO)O5)O4)O3)C2O)C(O)C1O)C(O)C=CCCCCCCCCCCCCC. The van der Waals surface area contributed by atoms with Crippen LogP contribution in [0.5, 0.6) is 0 Å². The number of ether oxygens (including phenoxy) is 12. The van der Waals surface area contributed by atoms with Gasteiger partial charge in [-0.1, -0.05) is 179 Å². The van der Waals surface area contributed by atoms with Crippen molar-refractivity contribution >= 4 is 47.3 Å². The molecule has 0 spiro atoms. The van der Waals surface area contributed by atoms with E-state index in [4.69, 9.17) is 56.8 Å². The second-order valence-electron chi connectivity index (χ2n) is 37.8. The van der Waals surface area contributed by atoms with Gasteiger partial charge in [0.2, 0.25) is 23.6 Å². The molecule has 0 aliphatic carbocycles. The lowest BCUT2D eigenvalue weighted by Gasteiger charge is -2.53. The van der Waals surface area contributed by atoms with Crippen LogP contribution < -0.4 is 21.3 Å². The van der Waals surface area contributed by atoms with E-state index < -0.39 is 332 Å². The number of hydrogen-bond donors (Lipinski definition) is 26. The molecule has 6 heterocycles. The van der Waals surface area contributed by atoms with Crippen LogP contribution >= 0.6 is 0 Å². The van der Waals surface area contributed by atoms with Crippen molar-refractivity contribution in [3.63, 3.8) is 0 Å². The van der Waals surface area contributed by atoms with E-state index in [9.17, 15) is 151 Å². The standard InChI is InChI=1S/C94H162N4O42/c1-7-9-11-13-15-17-19-21-22-23-24-25-26-28-30-32-34-36-38-40-68(114)98-57(58(109)39-37-35-33-31-29-27-20-18-16-14-12-10-8-2)51-129-87-78(121)77(120)80(66(49-103)131-87)133-88-79(122)85(81(67(50-104)132-88)134-86-56(41-52(3)105)72(115)74(117)63(46-100)130-86)140-94(91(127)128)44-61(112)71(97-55(6)108)84(139-94)76(119)65(48-102)136-93(90(125)126)43-60(111)70(96-54(5)107)83(138-93)75(118)64(47-101)135-92(89(123)124)42-59(110)69(95-53(4)106)82(137-92)73(116)62(113)45-99/h21-22,37,39,56-67,69-88,99-104,109-113,115-122H,7-20,23-36,38,40-51H2,1-6H3,(H,95,106)(H,96,107)(H,97,108)(H,98,114)(H,123,124)(H,125,126)(H,127,128). The van der Waals surface area contributed by atoms with Crippen molar-refractivity contribution in [2.75, 3.05) is 46.2 Å². The number of allylic oxidation sites excluding steroid dienone is 3. The third-order valence-corrected chi connectivity index (χ3v) is 26.4. The molecule has 0 aromatic carbocycles. The zero-order valence-electron chi connectivity index (χ0n) is 81.3. The van der Waals surface area contributed by atoms with Crippen molar-refractivity contribution in [3.05, 3.63) is 24.3 Å². The minimum Gasteiger partial charge on any atom is -0.477 e. The molecule has 26 N–H and O–H groups in total. The van der Waals surface area contributed by atoms with Crippen LogP contribution in [0.25, 0.3) is 0 Å². The van der Waals surface area contributed by atoms with Crippen molar-refractivity contribution in [2.45, 2.75) is 467 Å². The van der Waals surface area contributed by atoms with Gasteiger partial charge in [0.1, 0.15) is 122 Å². The van der Waals surface area contributed by atoms with Gasteiger partial charge in [-0.25, -0.2) is 14.4 Å². The molecule has 6 saturated heterocycles. The molecule has 140 heavy (non-hydrogen) atoms. The van der Waals surface area contributed by atoms with E-state index in [-0.39, 0.29) is 6.42 Å². The van der Waals surface area contributed by atoms with E-state index in [1.165, 1.54) is 83.1 Å². The number of aliphatic hydroxyl groups is 19. The first-order valence-corrected chi connectivity index (χ1v) is 49.7. The molecule has 0 aromatic rings. The summed E-state index contributed by atoms with van der Waals surface area (Å²) in [5.74, 6) is -23.6. The molecular weight excluding hydrogens is 1860 g/mol. The zero-order valence-corrected chi connectivity index (χ0v) is 81.3. The lowest BCUT2D eigenvalue weighted by atomic mass is 9.86. The summed E-state index contributed by atoms with van der Waals surface area (Å²) < 4.78 is 72.0. The summed E-state index contributed by atoms with van der Waals surface area (Å²) in [6.07, 6.45) is -27.5. The van der Waals surface area contributed by atoms with Gasteiger partial charge in [0, 0.05) is 58.8 Å². The van der Waals surface area contributed by atoms with Crippen LogP contribution in [0.3, 0.4) is 0 Å². The second kappa shape index (κ2) is 62.4. The molecule has 46 heteroatoms. The number of carboxylic acid groups (broad SMARTS) is 3. The number of ketones is 1. The van der Waals surface area contributed by atoms with Crippen LogP contribution in [0.1, 0.15) is 260 Å². The molecule has 6 aliphatic rings. The van der Waals surface area contributed by atoms with Crippen LogP contribution in [0.15, 0.2) is 24.3 Å². The first-order valence-electron chi connectivity index (χ1n) is 49.7. The Kier molecular flexibility index (Phi) is 54.7. The van der Waals surface area contributed by atoms with Gasteiger partial charge in [0.05, 0.1) is 101 Å². The highest BCUT2D eigenvalue weighted by atomic mass is 16.8. The first kappa shape index (κ1) is 123. The molecule has 0 aromatic heterocycles. The number of carboxylic acids is 3. The second-order valence-corrected chi connectivity index (χ2v) is 37.8. The number of nitrogens with one attached hydrogen (secondary N) is 4. The van der Waals surface area contributed by atoms with Crippen molar-refractivity contribution in [1.82, 2.24) is 21.3 Å². The maximum atomic E-state index is 14.5. The molecular formula is C94H162N4O42. The van der Waals surface area contributed by atoms with Crippen molar-refractivity contribution in [2.24, 2.45) is 5.92 Å². The normalized spacial score (nSPS) is 33.4. The number of carbonyl (C=O) groups excluding carboxylic acids is 5. The summed E-state index contributed by atoms with van der Waals surface area (Å²) in [4.78, 5) is 107. The Morgan fingerprint density at radius 1 is 0.407 bits per heavy atom. The lowest BCUT2D eigenvalue weighted by molar-refractivity contribution is -0.404. The van der Waals surface area contributed by atoms with Gasteiger partial charge in [-0.2, -0.15) is 0 Å². The van der Waals surface area contributed by atoms with Gasteiger partial charge < -0.3 is 195 Å². The van der Waals surface area contributed by atoms with E-state index in [1.54, 1.807) is 6.08 Å². The average Bonchev–Trinajstić information content (AvgIpc) is 0.752. The largest absolute Gasteiger partial charge is 0.477 e. The molecule has 6 fully saturated rings. The molecule has 810 valence electrons. The van der Waals surface area contributed by atoms with Crippen LogP contribution in [0.4, 0.5) is 0 Å². The molecule has 46 nitrogen and oxygen atoms in total. The number of carbonyl (C=O) groups is 8. The highest BCUT2D eigenvalue weighted by molar-refractivity contribution is 5.79. The topological polar surface area (TPSA) is 741 Å². The maximum Gasteiger partial charge on any atom is 0.364 e. The summed E-state index contributed by atoms with van der Waals surface area (Å²) in [6.45, 7) is -0.595. The number of rotatable bonds is 67. The van der Waals surface area contributed by atoms with Crippen LogP contribution in [0.2, 0.25) is 0 Å². The van der Waals surface area contributed by atoms with Gasteiger partial charge in [0.25, 0.3) is 17.4 Å². The van der Waals surface area contributed by atoms with Crippen molar-refractivity contribution in [1.29, 1.82) is 0 Å². The fraction of sp³-hybridized carbons (Fsp3) is 0.872. The summed E-state index contributed by atoms with van der Waals surface area (Å²) in [5.41, 5.74) is 0. The van der Waals surface area contributed by atoms with Crippen LogP contribution in [0, 0.1) is 5.92 Å². The van der Waals surface area contributed by atoms with Gasteiger partial charge in [-0.15, -0.1) is 0 Å². The van der Waals surface area contributed by atoms with Gasteiger partial charge >= 0.3 is 17.9 Å². The fourth-order valence-corrected chi connectivity index (χ4v) is 18.7. The van der Waals surface area contributed by atoms with E-state index in [1.807, 2.05) is 0 Å². The van der Waals surface area contributed by atoms with Gasteiger partial charge in [-0.3, -0.25) is 19.2 Å². The van der Waals surface area contributed by atoms with E-state index in [2.05, 4.69) is 47.3 Å². The highest BCUT2D eigenvalue weighted by Gasteiger charge is 2.65. The molecule has 6 rings (SSSR count). The monoisotopic (exact) mass is 2020 g/mol. The minimum atomic E-state index is -3.71. The Morgan fingerprint density at radius 2 is 0.786 bits per heavy atom. The number of Topliss-reactive ketones (excluding diaryl/α,β-unsaturated/α-hetero) is 1. The Morgan fingerprint density at radius 3 is 1.19 bits per heavy atom. The van der Waals surface area contributed by atoms with Crippen LogP contribution in [-0.4, -0.2) is 413 Å². The third kappa shape index (κ3) is 36.4. The molecule has 35 unspecified atom stereocenters. The smallest absolute Gasteiger partial charge is 0.364 e. The predicted molar refractivity (Wildman–Crippen MR) is 488 cm³/mol. The maximum absolute atomic E-state index is 14.5.